The SMILES string of the molecule is CN=C(NCc1cn(C)nc1C(F)(F)F)N(C)Cc1ccc(OC(F)F)cc1.I. The Morgan fingerprint density at radius 3 is 2.41 bits per heavy atom. The van der Waals surface area contributed by atoms with Crippen LogP contribution in [-0.4, -0.2) is 41.3 Å². The molecule has 0 atom stereocenters. The fraction of sp³-hybridized carbons (Fsp3) is 0.412. The lowest BCUT2D eigenvalue weighted by molar-refractivity contribution is -0.142. The quantitative estimate of drug-likeness (QED) is 0.265. The molecule has 6 nitrogen and oxygen atoms in total. The van der Waals surface area contributed by atoms with E-state index in [0.29, 0.717) is 12.5 Å². The molecule has 0 saturated carbocycles. The van der Waals surface area contributed by atoms with Gasteiger partial charge in [-0.05, 0) is 17.7 Å². The van der Waals surface area contributed by atoms with Crippen molar-refractivity contribution < 1.29 is 26.7 Å². The highest BCUT2D eigenvalue weighted by atomic mass is 127. The van der Waals surface area contributed by atoms with Gasteiger partial charge in [0.2, 0.25) is 0 Å². The third kappa shape index (κ3) is 7.33. The van der Waals surface area contributed by atoms with Gasteiger partial charge in [-0.15, -0.1) is 24.0 Å². The number of nitrogens with one attached hydrogen (secondary N) is 1. The van der Waals surface area contributed by atoms with Gasteiger partial charge in [0.1, 0.15) is 5.75 Å². The zero-order chi connectivity index (χ0) is 20.9. The number of nitrogens with zero attached hydrogens (tertiary/aromatic N) is 4. The number of halogens is 6. The number of benzene rings is 1. The van der Waals surface area contributed by atoms with Crippen molar-refractivity contribution in [3.63, 3.8) is 0 Å². The Hall–Kier alpha value is -2.12. The Kier molecular flexibility index (Phi) is 9.11. The Morgan fingerprint density at radius 1 is 1.28 bits per heavy atom. The zero-order valence-electron chi connectivity index (χ0n) is 15.9. The molecule has 0 radical (unpaired) electrons. The van der Waals surface area contributed by atoms with Crippen LogP contribution in [0.25, 0.3) is 0 Å². The molecule has 0 aliphatic carbocycles. The van der Waals surface area contributed by atoms with Crippen LogP contribution < -0.4 is 10.1 Å². The number of hydrogen-bond donors (Lipinski definition) is 1. The predicted molar refractivity (Wildman–Crippen MR) is 108 cm³/mol. The molecule has 0 bridgehead atoms. The van der Waals surface area contributed by atoms with Crippen molar-refractivity contribution in [3.8, 4) is 5.75 Å². The van der Waals surface area contributed by atoms with Gasteiger partial charge in [-0.2, -0.15) is 27.1 Å². The van der Waals surface area contributed by atoms with Crippen molar-refractivity contribution in [2.75, 3.05) is 14.1 Å². The number of aryl methyl sites for hydroxylation is 1. The van der Waals surface area contributed by atoms with E-state index in [9.17, 15) is 22.0 Å². The molecule has 2 aromatic rings. The fourth-order valence-electron chi connectivity index (χ4n) is 2.59. The largest absolute Gasteiger partial charge is 0.435 e. The Morgan fingerprint density at radius 2 is 1.90 bits per heavy atom. The molecule has 0 aliphatic rings. The maximum absolute atomic E-state index is 13.0. The van der Waals surface area contributed by atoms with Crippen LogP contribution in [0.4, 0.5) is 22.0 Å². The smallest absolute Gasteiger partial charge is 0.435 e. The standard InChI is InChI=1S/C17H20F5N5O.HI/c1-23-16(24-8-12-10-27(3)25-14(12)17(20,21)22)26(2)9-11-4-6-13(7-5-11)28-15(18)19;/h4-7,10,15H,8-9H2,1-3H3,(H,23,24);1H. The van der Waals surface area contributed by atoms with E-state index in [4.69, 9.17) is 0 Å². The third-order valence-electron chi connectivity index (χ3n) is 3.75. The molecule has 0 spiro atoms. The molecular formula is C17H21F5IN5O. The van der Waals surface area contributed by atoms with E-state index >= 15 is 0 Å². The molecule has 162 valence electrons. The number of hydrogen-bond acceptors (Lipinski definition) is 3. The first-order chi connectivity index (χ1) is 13.1. The van der Waals surface area contributed by atoms with Gasteiger partial charge in [0, 0.05) is 46.0 Å². The number of aliphatic imine (C=N–C) groups is 1. The van der Waals surface area contributed by atoms with Gasteiger partial charge in [-0.3, -0.25) is 9.67 Å². The van der Waals surface area contributed by atoms with E-state index in [2.05, 4.69) is 20.1 Å². The van der Waals surface area contributed by atoms with E-state index in [0.717, 1.165) is 10.2 Å². The Bertz CT molecular complexity index is 808. The second kappa shape index (κ2) is 10.6. The maximum atomic E-state index is 13.0. The number of rotatable bonds is 6. The summed E-state index contributed by atoms with van der Waals surface area (Å²) in [6, 6.07) is 6.06. The molecule has 29 heavy (non-hydrogen) atoms. The average Bonchev–Trinajstić information content (AvgIpc) is 2.98. The van der Waals surface area contributed by atoms with Crippen LogP contribution in [0.15, 0.2) is 35.5 Å². The van der Waals surface area contributed by atoms with Crippen LogP contribution in [0.2, 0.25) is 0 Å². The van der Waals surface area contributed by atoms with E-state index in [-0.39, 0.29) is 41.8 Å². The average molecular weight is 533 g/mol. The topological polar surface area (TPSA) is 54.7 Å². The summed E-state index contributed by atoms with van der Waals surface area (Å²) in [5, 5.41) is 6.33. The summed E-state index contributed by atoms with van der Waals surface area (Å²) in [5.74, 6) is 0.407. The van der Waals surface area contributed by atoms with Gasteiger partial charge in [0.05, 0.1) is 0 Å². The predicted octanol–water partition coefficient (Wildman–Crippen LogP) is 3.87. The van der Waals surface area contributed by atoms with Gasteiger partial charge in [0.25, 0.3) is 0 Å². The lowest BCUT2D eigenvalue weighted by atomic mass is 10.2. The molecule has 0 saturated heterocycles. The molecule has 1 N–H and O–H groups in total. The second-order valence-electron chi connectivity index (χ2n) is 5.95. The van der Waals surface area contributed by atoms with Gasteiger partial charge in [0.15, 0.2) is 11.7 Å². The molecular weight excluding hydrogens is 512 g/mol. The molecule has 1 aromatic carbocycles. The van der Waals surface area contributed by atoms with Crippen LogP contribution >= 0.6 is 24.0 Å². The van der Waals surface area contributed by atoms with Crippen molar-refractivity contribution in [1.29, 1.82) is 0 Å². The van der Waals surface area contributed by atoms with Crippen molar-refractivity contribution >= 4 is 29.9 Å². The molecule has 0 amide bonds. The summed E-state index contributed by atoms with van der Waals surface area (Å²) >= 11 is 0. The Balaban J connectivity index is 0.00000420. The van der Waals surface area contributed by atoms with Gasteiger partial charge < -0.3 is 15.0 Å². The first-order valence-corrected chi connectivity index (χ1v) is 8.15. The van der Waals surface area contributed by atoms with Crippen LogP contribution in [0.5, 0.6) is 5.75 Å². The highest BCUT2D eigenvalue weighted by molar-refractivity contribution is 14.0. The van der Waals surface area contributed by atoms with Crippen molar-refractivity contribution in [1.82, 2.24) is 20.0 Å². The monoisotopic (exact) mass is 533 g/mol. The second-order valence-corrected chi connectivity index (χ2v) is 5.95. The lowest BCUT2D eigenvalue weighted by Gasteiger charge is -2.22. The maximum Gasteiger partial charge on any atom is 0.435 e. The van der Waals surface area contributed by atoms with Gasteiger partial charge in [-0.25, -0.2) is 0 Å². The first kappa shape index (κ1) is 24.9. The molecule has 0 fully saturated rings. The number of alkyl halides is 5. The number of guanidine groups is 1. The van der Waals surface area contributed by atoms with Crippen LogP contribution in [0.3, 0.4) is 0 Å². The molecule has 1 aromatic heterocycles. The van der Waals surface area contributed by atoms with Gasteiger partial charge in [-0.1, -0.05) is 12.1 Å². The summed E-state index contributed by atoms with van der Waals surface area (Å²) < 4.78 is 68.8. The van der Waals surface area contributed by atoms with Crippen molar-refractivity contribution in [2.24, 2.45) is 12.0 Å². The van der Waals surface area contributed by atoms with E-state index in [1.807, 2.05) is 0 Å². The zero-order valence-corrected chi connectivity index (χ0v) is 18.2. The van der Waals surface area contributed by atoms with Crippen LogP contribution in [0, 0.1) is 0 Å². The summed E-state index contributed by atoms with van der Waals surface area (Å²) in [4.78, 5) is 5.74. The van der Waals surface area contributed by atoms with Crippen LogP contribution in [0.1, 0.15) is 16.8 Å². The minimum Gasteiger partial charge on any atom is -0.435 e. The highest BCUT2D eigenvalue weighted by Crippen LogP contribution is 2.30. The lowest BCUT2D eigenvalue weighted by Crippen LogP contribution is -2.38. The molecule has 2 rings (SSSR count). The molecule has 0 unspecified atom stereocenters. The molecule has 0 aliphatic heterocycles. The van der Waals surface area contributed by atoms with Crippen LogP contribution in [-0.2, 0) is 26.3 Å². The Labute approximate surface area is 181 Å². The minimum atomic E-state index is -4.55. The van der Waals surface area contributed by atoms with Crippen molar-refractivity contribution in [3.05, 3.63) is 47.3 Å². The fourth-order valence-corrected chi connectivity index (χ4v) is 2.59. The molecule has 1 heterocycles. The van der Waals surface area contributed by atoms with E-state index < -0.39 is 18.5 Å². The summed E-state index contributed by atoms with van der Waals surface area (Å²) in [7, 11) is 4.63. The normalized spacial score (nSPS) is 12.0. The number of ether oxygens (including phenoxy) is 1. The third-order valence-corrected chi connectivity index (χ3v) is 3.75. The first-order valence-electron chi connectivity index (χ1n) is 8.15. The number of aromatic nitrogens is 2. The van der Waals surface area contributed by atoms with Gasteiger partial charge >= 0.3 is 12.8 Å². The summed E-state index contributed by atoms with van der Waals surface area (Å²) in [6.45, 7) is -2.65. The van der Waals surface area contributed by atoms with Crippen molar-refractivity contribution in [2.45, 2.75) is 25.9 Å². The highest BCUT2D eigenvalue weighted by Gasteiger charge is 2.36. The summed E-state index contributed by atoms with van der Waals surface area (Å²) in [5.41, 5.74) is -0.169. The summed E-state index contributed by atoms with van der Waals surface area (Å²) in [6.07, 6.45) is -3.25. The minimum absolute atomic E-state index is 0. The van der Waals surface area contributed by atoms with E-state index in [1.54, 1.807) is 24.1 Å². The van der Waals surface area contributed by atoms with E-state index in [1.165, 1.54) is 32.4 Å². The molecule has 12 heteroatoms.